The van der Waals surface area contributed by atoms with E-state index in [0.29, 0.717) is 0 Å². The first kappa shape index (κ1) is 11.0. The third kappa shape index (κ3) is 3.27. The predicted octanol–water partition coefficient (Wildman–Crippen LogP) is 1.46. The van der Waals surface area contributed by atoms with Gasteiger partial charge in [0.05, 0.1) is 5.75 Å². The SMILES string of the molecule is CC(C)(C)CS(=O)(=O)N1CCCC1. The molecule has 0 aromatic rings. The summed E-state index contributed by atoms with van der Waals surface area (Å²) in [5.74, 6) is 0.264. The maximum absolute atomic E-state index is 11.8. The Morgan fingerprint density at radius 3 is 2.00 bits per heavy atom. The Kier molecular flexibility index (Phi) is 3.02. The molecule has 0 radical (unpaired) electrons. The molecule has 0 aliphatic carbocycles. The molecular weight excluding hydrogens is 186 g/mol. The van der Waals surface area contributed by atoms with Crippen molar-refractivity contribution in [2.75, 3.05) is 18.8 Å². The molecule has 78 valence electrons. The average molecular weight is 205 g/mol. The molecule has 0 spiro atoms. The van der Waals surface area contributed by atoms with Gasteiger partial charge in [-0.05, 0) is 18.3 Å². The van der Waals surface area contributed by atoms with E-state index in [0.717, 1.165) is 25.9 Å². The molecule has 1 rings (SSSR count). The van der Waals surface area contributed by atoms with Crippen LogP contribution in [0.25, 0.3) is 0 Å². The predicted molar refractivity (Wildman–Crippen MR) is 54.0 cm³/mol. The van der Waals surface area contributed by atoms with E-state index < -0.39 is 10.0 Å². The van der Waals surface area contributed by atoms with E-state index >= 15 is 0 Å². The van der Waals surface area contributed by atoms with E-state index in [1.54, 1.807) is 4.31 Å². The van der Waals surface area contributed by atoms with Crippen LogP contribution in [0.2, 0.25) is 0 Å². The van der Waals surface area contributed by atoms with Gasteiger partial charge in [0.15, 0.2) is 0 Å². The summed E-state index contributed by atoms with van der Waals surface area (Å²) in [5.41, 5.74) is -0.137. The lowest BCUT2D eigenvalue weighted by atomic mass is 10.0. The van der Waals surface area contributed by atoms with E-state index in [9.17, 15) is 8.42 Å². The lowest BCUT2D eigenvalue weighted by Gasteiger charge is -2.22. The monoisotopic (exact) mass is 205 g/mol. The number of hydrogen-bond acceptors (Lipinski definition) is 2. The van der Waals surface area contributed by atoms with E-state index in [1.165, 1.54) is 0 Å². The third-order valence-electron chi connectivity index (χ3n) is 2.07. The van der Waals surface area contributed by atoms with E-state index in [-0.39, 0.29) is 11.2 Å². The van der Waals surface area contributed by atoms with Gasteiger partial charge in [-0.25, -0.2) is 12.7 Å². The van der Waals surface area contributed by atoms with Crippen LogP contribution in [0.5, 0.6) is 0 Å². The zero-order valence-corrected chi connectivity index (χ0v) is 9.52. The van der Waals surface area contributed by atoms with Gasteiger partial charge in [-0.15, -0.1) is 0 Å². The fourth-order valence-electron chi connectivity index (χ4n) is 1.60. The number of sulfonamides is 1. The average Bonchev–Trinajstić information content (AvgIpc) is 2.29. The summed E-state index contributed by atoms with van der Waals surface area (Å²) in [7, 11) is -2.98. The van der Waals surface area contributed by atoms with Crippen LogP contribution in [-0.2, 0) is 10.0 Å². The molecule has 0 saturated carbocycles. The van der Waals surface area contributed by atoms with Crippen molar-refractivity contribution in [3.8, 4) is 0 Å². The second kappa shape index (κ2) is 3.58. The topological polar surface area (TPSA) is 37.4 Å². The minimum absolute atomic E-state index is 0.137. The van der Waals surface area contributed by atoms with Crippen LogP contribution in [0.4, 0.5) is 0 Å². The van der Waals surface area contributed by atoms with Crippen molar-refractivity contribution >= 4 is 10.0 Å². The van der Waals surface area contributed by atoms with Crippen molar-refractivity contribution in [2.45, 2.75) is 33.6 Å². The normalized spacial score (nSPS) is 20.8. The van der Waals surface area contributed by atoms with Gasteiger partial charge in [-0.2, -0.15) is 0 Å². The number of hydrogen-bond donors (Lipinski definition) is 0. The van der Waals surface area contributed by atoms with E-state index in [4.69, 9.17) is 0 Å². The molecule has 1 aliphatic rings. The molecule has 0 N–H and O–H groups in total. The summed E-state index contributed by atoms with van der Waals surface area (Å²) < 4.78 is 25.2. The Bertz CT molecular complexity index is 258. The summed E-state index contributed by atoms with van der Waals surface area (Å²) in [5, 5.41) is 0. The Morgan fingerprint density at radius 2 is 1.62 bits per heavy atom. The van der Waals surface area contributed by atoms with Gasteiger partial charge in [-0.3, -0.25) is 0 Å². The lowest BCUT2D eigenvalue weighted by molar-refractivity contribution is 0.424. The fourth-order valence-corrected chi connectivity index (χ4v) is 3.70. The Morgan fingerprint density at radius 1 is 1.15 bits per heavy atom. The lowest BCUT2D eigenvalue weighted by Crippen LogP contribution is -2.34. The first-order chi connectivity index (χ1) is 5.81. The van der Waals surface area contributed by atoms with Crippen molar-refractivity contribution in [3.05, 3.63) is 0 Å². The zero-order chi connectivity index (χ0) is 10.1. The number of rotatable bonds is 2. The molecular formula is C9H19NO2S. The molecule has 0 aromatic carbocycles. The molecule has 1 aliphatic heterocycles. The molecule has 0 amide bonds. The third-order valence-corrected chi connectivity index (χ3v) is 4.46. The molecule has 0 atom stereocenters. The van der Waals surface area contributed by atoms with Crippen molar-refractivity contribution in [1.29, 1.82) is 0 Å². The van der Waals surface area contributed by atoms with Crippen molar-refractivity contribution < 1.29 is 8.42 Å². The summed E-state index contributed by atoms with van der Waals surface area (Å²) in [6.07, 6.45) is 2.03. The molecule has 0 aromatic heterocycles. The summed E-state index contributed by atoms with van der Waals surface area (Å²) in [6.45, 7) is 7.32. The van der Waals surface area contributed by atoms with Gasteiger partial charge >= 0.3 is 0 Å². The Hall–Kier alpha value is -0.0900. The molecule has 1 fully saturated rings. The van der Waals surface area contributed by atoms with E-state index in [1.807, 2.05) is 20.8 Å². The van der Waals surface area contributed by atoms with Gasteiger partial charge in [0.1, 0.15) is 0 Å². The zero-order valence-electron chi connectivity index (χ0n) is 8.71. The Labute approximate surface area is 81.2 Å². The van der Waals surface area contributed by atoms with Gasteiger partial charge in [-0.1, -0.05) is 20.8 Å². The Balaban J connectivity index is 2.66. The summed E-state index contributed by atoms with van der Waals surface area (Å²) in [4.78, 5) is 0. The quantitative estimate of drug-likeness (QED) is 0.684. The van der Waals surface area contributed by atoms with Gasteiger partial charge in [0.25, 0.3) is 0 Å². The smallest absolute Gasteiger partial charge is 0.212 e. The fraction of sp³-hybridized carbons (Fsp3) is 1.00. The van der Waals surface area contributed by atoms with Gasteiger partial charge < -0.3 is 0 Å². The molecule has 3 nitrogen and oxygen atoms in total. The largest absolute Gasteiger partial charge is 0.214 e. The molecule has 13 heavy (non-hydrogen) atoms. The maximum atomic E-state index is 11.8. The molecule has 0 bridgehead atoms. The van der Waals surface area contributed by atoms with Crippen LogP contribution in [0, 0.1) is 5.41 Å². The minimum Gasteiger partial charge on any atom is -0.212 e. The highest BCUT2D eigenvalue weighted by Crippen LogP contribution is 2.21. The summed E-state index contributed by atoms with van der Waals surface area (Å²) >= 11 is 0. The molecule has 0 unspecified atom stereocenters. The maximum Gasteiger partial charge on any atom is 0.214 e. The highest BCUT2D eigenvalue weighted by Gasteiger charge is 2.29. The molecule has 1 heterocycles. The highest BCUT2D eigenvalue weighted by molar-refractivity contribution is 7.89. The summed E-state index contributed by atoms with van der Waals surface area (Å²) in [6, 6.07) is 0. The van der Waals surface area contributed by atoms with Crippen LogP contribution in [0.3, 0.4) is 0 Å². The molecule has 1 saturated heterocycles. The standard InChI is InChI=1S/C9H19NO2S/c1-9(2,3)8-13(11,12)10-6-4-5-7-10/h4-8H2,1-3H3. The van der Waals surface area contributed by atoms with Gasteiger partial charge in [0.2, 0.25) is 10.0 Å². The van der Waals surface area contributed by atoms with Crippen LogP contribution in [-0.4, -0.2) is 31.6 Å². The van der Waals surface area contributed by atoms with Crippen LogP contribution in [0.1, 0.15) is 33.6 Å². The van der Waals surface area contributed by atoms with Crippen molar-refractivity contribution in [2.24, 2.45) is 5.41 Å². The van der Waals surface area contributed by atoms with Crippen molar-refractivity contribution in [1.82, 2.24) is 4.31 Å². The second-order valence-corrected chi connectivity index (χ2v) is 6.89. The minimum atomic E-state index is -2.98. The van der Waals surface area contributed by atoms with Crippen LogP contribution >= 0.6 is 0 Å². The number of nitrogens with zero attached hydrogens (tertiary/aromatic N) is 1. The first-order valence-electron chi connectivity index (χ1n) is 4.79. The van der Waals surface area contributed by atoms with Crippen LogP contribution < -0.4 is 0 Å². The first-order valence-corrected chi connectivity index (χ1v) is 6.40. The van der Waals surface area contributed by atoms with E-state index in [2.05, 4.69) is 0 Å². The highest BCUT2D eigenvalue weighted by atomic mass is 32.2. The molecule has 4 heteroatoms. The van der Waals surface area contributed by atoms with Crippen LogP contribution in [0.15, 0.2) is 0 Å². The van der Waals surface area contributed by atoms with Crippen molar-refractivity contribution in [3.63, 3.8) is 0 Å². The second-order valence-electron chi connectivity index (χ2n) is 4.92. The van der Waals surface area contributed by atoms with Gasteiger partial charge in [0, 0.05) is 13.1 Å².